The lowest BCUT2D eigenvalue weighted by atomic mass is 9.93. The van der Waals surface area contributed by atoms with Gasteiger partial charge in [-0.2, -0.15) is 13.2 Å². The van der Waals surface area contributed by atoms with Crippen LogP contribution >= 0.6 is 11.6 Å². The van der Waals surface area contributed by atoms with Crippen LogP contribution < -0.4 is 10.9 Å². The molecule has 0 aliphatic carbocycles. The van der Waals surface area contributed by atoms with Gasteiger partial charge in [-0.3, -0.25) is 4.79 Å². The zero-order valence-corrected chi connectivity index (χ0v) is 22.7. The summed E-state index contributed by atoms with van der Waals surface area (Å²) in [5.74, 6) is -2.63. The first-order valence-electron chi connectivity index (χ1n) is 12.1. The van der Waals surface area contributed by atoms with Gasteiger partial charge in [0.1, 0.15) is 11.4 Å². The number of rotatable bonds is 6. The molecule has 4 rings (SSSR count). The number of fused-ring (bicyclic) bond motifs is 1. The summed E-state index contributed by atoms with van der Waals surface area (Å²) in [6, 6.07) is 11.7. The van der Waals surface area contributed by atoms with Crippen LogP contribution in [0.4, 0.5) is 23.2 Å². The van der Waals surface area contributed by atoms with Gasteiger partial charge < -0.3 is 14.5 Å². The fraction of sp³-hybridized carbons (Fsp3) is 0.167. The summed E-state index contributed by atoms with van der Waals surface area (Å²) in [5, 5.41) is 2.90. The number of methoxy groups -OCH3 is 1. The summed E-state index contributed by atoms with van der Waals surface area (Å²) in [5.41, 5.74) is -0.631. The lowest BCUT2D eigenvalue weighted by Gasteiger charge is -2.16. The highest BCUT2D eigenvalue weighted by atomic mass is 35.5. The lowest BCUT2D eigenvalue weighted by Crippen LogP contribution is -2.22. The van der Waals surface area contributed by atoms with Crippen LogP contribution in [-0.2, 0) is 26.9 Å². The van der Waals surface area contributed by atoms with Crippen molar-refractivity contribution in [3.05, 3.63) is 104 Å². The lowest BCUT2D eigenvalue weighted by molar-refractivity contribution is -0.137. The first-order valence-corrected chi connectivity index (χ1v) is 12.5. The molecule has 0 unspecified atom stereocenters. The molecule has 1 heterocycles. The van der Waals surface area contributed by atoms with Gasteiger partial charge in [0, 0.05) is 27.6 Å². The first kappa shape index (κ1) is 29.5. The summed E-state index contributed by atoms with van der Waals surface area (Å²) in [6.45, 7) is 3.30. The minimum absolute atomic E-state index is 0.127. The van der Waals surface area contributed by atoms with Crippen molar-refractivity contribution in [1.29, 1.82) is 0 Å². The maximum Gasteiger partial charge on any atom is 0.418 e. The van der Waals surface area contributed by atoms with Crippen molar-refractivity contribution in [2.45, 2.75) is 26.4 Å². The van der Waals surface area contributed by atoms with Crippen molar-refractivity contribution < 1.29 is 36.3 Å². The zero-order chi connectivity index (χ0) is 30.1. The number of esters is 1. The predicted octanol–water partition coefficient (Wildman–Crippen LogP) is 7.34. The number of hydrogen-bond donors (Lipinski definition) is 1. The summed E-state index contributed by atoms with van der Waals surface area (Å²) < 4.78 is 64.1. The molecule has 4 aromatic rings. The molecule has 0 fully saturated rings. The number of amides is 1. The van der Waals surface area contributed by atoms with Gasteiger partial charge in [-0.1, -0.05) is 29.8 Å². The predicted molar refractivity (Wildman–Crippen MR) is 147 cm³/mol. The largest absolute Gasteiger partial charge is 0.466 e. The van der Waals surface area contributed by atoms with Crippen molar-refractivity contribution in [3.8, 4) is 11.1 Å². The van der Waals surface area contributed by atoms with Crippen LogP contribution in [0.1, 0.15) is 29.2 Å². The van der Waals surface area contributed by atoms with E-state index in [0.29, 0.717) is 38.2 Å². The third kappa shape index (κ3) is 6.49. The number of anilines is 1. The maximum absolute atomic E-state index is 13.5. The number of aryl methyl sites for hydroxylation is 1. The number of hydrogen-bond acceptors (Lipinski definition) is 5. The van der Waals surface area contributed by atoms with Gasteiger partial charge in [-0.25, -0.2) is 14.0 Å². The Labute approximate surface area is 236 Å². The molecule has 1 aromatic heterocycles. The van der Waals surface area contributed by atoms with Crippen LogP contribution in [0, 0.1) is 12.7 Å². The van der Waals surface area contributed by atoms with Gasteiger partial charge in [0.25, 0.3) is 0 Å². The molecule has 0 bridgehead atoms. The van der Waals surface area contributed by atoms with Gasteiger partial charge in [0.15, 0.2) is 0 Å². The molecular weight excluding hydrogens is 566 g/mol. The molecule has 0 saturated heterocycles. The maximum atomic E-state index is 13.5. The van der Waals surface area contributed by atoms with Crippen LogP contribution in [0.3, 0.4) is 0 Å². The number of halogens is 5. The standard InChI is InChI=1S/C30H22ClF4NO5/c1-15-10-20-25(14-23(15)31)41-29(39)21(13-26(37)36-24-8-7-19(32)12-22(24)30(33,34)35)27(20)18-6-4-5-17(11-18)9-16(2)28(38)40-3/h4-12,14H,13H2,1-3H3,(H,36,37)/b16-9+. The molecule has 0 aliphatic heterocycles. The van der Waals surface area contributed by atoms with E-state index < -0.39 is 47.2 Å². The smallest absolute Gasteiger partial charge is 0.418 e. The van der Waals surface area contributed by atoms with Crippen LogP contribution in [0.25, 0.3) is 28.2 Å². The van der Waals surface area contributed by atoms with E-state index in [1.165, 1.54) is 13.2 Å². The molecule has 1 amide bonds. The molecule has 212 valence electrons. The molecule has 0 saturated carbocycles. The Balaban J connectivity index is 1.86. The molecule has 6 nitrogen and oxygen atoms in total. The van der Waals surface area contributed by atoms with Gasteiger partial charge in [-0.15, -0.1) is 0 Å². The topological polar surface area (TPSA) is 85.6 Å². The second kappa shape index (κ2) is 11.6. The van der Waals surface area contributed by atoms with E-state index in [4.69, 9.17) is 20.8 Å². The molecular formula is C30H22ClF4NO5. The minimum Gasteiger partial charge on any atom is -0.466 e. The number of alkyl halides is 3. The molecule has 0 spiro atoms. The van der Waals surface area contributed by atoms with Crippen LogP contribution in [-0.4, -0.2) is 19.0 Å². The van der Waals surface area contributed by atoms with E-state index in [1.807, 2.05) is 0 Å². The number of benzene rings is 3. The van der Waals surface area contributed by atoms with Crippen LogP contribution in [0.5, 0.6) is 0 Å². The highest BCUT2D eigenvalue weighted by Crippen LogP contribution is 2.37. The average Bonchev–Trinajstić information content (AvgIpc) is 2.90. The Morgan fingerprint density at radius 1 is 1.10 bits per heavy atom. The fourth-order valence-electron chi connectivity index (χ4n) is 4.33. The van der Waals surface area contributed by atoms with Crippen molar-refractivity contribution >= 4 is 46.2 Å². The number of carbonyl (C=O) groups excluding carboxylic acids is 2. The highest BCUT2D eigenvalue weighted by Gasteiger charge is 2.34. The Hall–Kier alpha value is -4.44. The molecule has 0 aliphatic rings. The third-order valence-electron chi connectivity index (χ3n) is 6.25. The van der Waals surface area contributed by atoms with Gasteiger partial charge in [0.05, 0.1) is 30.3 Å². The van der Waals surface area contributed by atoms with Gasteiger partial charge >= 0.3 is 17.8 Å². The summed E-state index contributed by atoms with van der Waals surface area (Å²) in [6.07, 6.45) is -4.03. The van der Waals surface area contributed by atoms with E-state index in [2.05, 4.69) is 5.32 Å². The van der Waals surface area contributed by atoms with Gasteiger partial charge in [-0.05, 0) is 66.9 Å². The minimum atomic E-state index is -4.94. The second-order valence-corrected chi connectivity index (χ2v) is 9.60. The molecule has 41 heavy (non-hydrogen) atoms. The normalized spacial score (nSPS) is 12.0. The summed E-state index contributed by atoms with van der Waals surface area (Å²) in [4.78, 5) is 38.1. The van der Waals surface area contributed by atoms with E-state index in [-0.39, 0.29) is 17.2 Å². The number of nitrogens with one attached hydrogen (secondary N) is 1. The van der Waals surface area contributed by atoms with Crippen molar-refractivity contribution in [1.82, 2.24) is 0 Å². The second-order valence-electron chi connectivity index (χ2n) is 9.20. The Morgan fingerprint density at radius 3 is 2.51 bits per heavy atom. The first-order chi connectivity index (χ1) is 19.3. The molecule has 3 aromatic carbocycles. The van der Waals surface area contributed by atoms with Crippen molar-refractivity contribution in [2.75, 3.05) is 12.4 Å². The molecule has 1 N–H and O–H groups in total. The van der Waals surface area contributed by atoms with Crippen molar-refractivity contribution in [2.24, 2.45) is 0 Å². The summed E-state index contributed by atoms with van der Waals surface area (Å²) in [7, 11) is 1.25. The Bertz CT molecular complexity index is 1780. The van der Waals surface area contributed by atoms with E-state index in [9.17, 15) is 31.9 Å². The summed E-state index contributed by atoms with van der Waals surface area (Å²) >= 11 is 6.25. The third-order valence-corrected chi connectivity index (χ3v) is 6.65. The van der Waals surface area contributed by atoms with E-state index >= 15 is 0 Å². The highest BCUT2D eigenvalue weighted by molar-refractivity contribution is 6.32. The van der Waals surface area contributed by atoms with E-state index in [1.54, 1.807) is 50.3 Å². The monoisotopic (exact) mass is 587 g/mol. The van der Waals surface area contributed by atoms with Crippen molar-refractivity contribution in [3.63, 3.8) is 0 Å². The Kier molecular flexibility index (Phi) is 8.34. The fourth-order valence-corrected chi connectivity index (χ4v) is 4.48. The average molecular weight is 588 g/mol. The van der Waals surface area contributed by atoms with Gasteiger partial charge in [0.2, 0.25) is 5.91 Å². The van der Waals surface area contributed by atoms with Crippen LogP contribution in [0.2, 0.25) is 5.02 Å². The molecule has 0 radical (unpaired) electrons. The molecule has 11 heteroatoms. The van der Waals surface area contributed by atoms with Crippen LogP contribution in [0.15, 0.2) is 69.4 Å². The van der Waals surface area contributed by atoms with E-state index in [0.717, 1.165) is 12.1 Å². The zero-order valence-electron chi connectivity index (χ0n) is 21.9. The molecule has 0 atom stereocenters. The quantitative estimate of drug-likeness (QED) is 0.110. The number of carbonyl (C=O) groups is 2. The SMILES string of the molecule is COC(=O)/C(C)=C/c1cccc(-c2c(CC(=O)Nc3ccc(F)cc3C(F)(F)F)c(=O)oc3cc(Cl)c(C)cc23)c1. The number of ether oxygens (including phenoxy) is 1. The Morgan fingerprint density at radius 2 is 1.83 bits per heavy atom.